The predicted octanol–water partition coefficient (Wildman–Crippen LogP) is 5.56. The van der Waals surface area contributed by atoms with Crippen LogP contribution < -0.4 is 10.6 Å². The van der Waals surface area contributed by atoms with Crippen LogP contribution in [0.1, 0.15) is 33.4 Å². The van der Waals surface area contributed by atoms with Gasteiger partial charge >= 0.3 is 0 Å². The largest absolute Gasteiger partial charge is 0.347 e. The van der Waals surface area contributed by atoms with Gasteiger partial charge in [-0.2, -0.15) is 0 Å². The molecule has 0 fully saturated rings. The normalized spacial score (nSPS) is 10.4. The second kappa shape index (κ2) is 8.82. The lowest BCUT2D eigenvalue weighted by atomic mass is 10.1. The lowest BCUT2D eigenvalue weighted by Crippen LogP contribution is -2.16. The van der Waals surface area contributed by atoms with Crippen molar-refractivity contribution in [2.45, 2.75) is 13.3 Å². The molecule has 0 unspecified atom stereocenters. The third-order valence-corrected chi connectivity index (χ3v) is 5.21. The summed E-state index contributed by atoms with van der Waals surface area (Å²) in [6, 6.07) is 17.5. The summed E-state index contributed by atoms with van der Waals surface area (Å²) in [5.41, 5.74) is 1.80. The van der Waals surface area contributed by atoms with Crippen molar-refractivity contribution in [3.63, 3.8) is 0 Å². The third-order valence-electron chi connectivity index (χ3n) is 3.87. The highest BCUT2D eigenvalue weighted by atomic mass is 35.5. The van der Waals surface area contributed by atoms with Crippen LogP contribution in [-0.2, 0) is 4.79 Å². The molecule has 0 radical (unpaired) electrons. The number of benzene rings is 2. The quantitative estimate of drug-likeness (QED) is 0.393. The molecule has 2 N–H and O–H groups in total. The molecule has 0 spiro atoms. The molecular weight excluding hydrogens is 396 g/mol. The standard InChI is InChI=1S/C21H17ClN2O3S/c1-13(25)17-11-19(28-21(17)24-15-5-3-2-4-6-15)18(26)12-20(27)23-16-9-7-14(22)8-10-16/h2-11,24H,12H2,1H3,(H,23,27). The number of carbonyl (C=O) groups is 3. The first kappa shape index (κ1) is 19.8. The summed E-state index contributed by atoms with van der Waals surface area (Å²) in [6.45, 7) is 1.44. The van der Waals surface area contributed by atoms with Crippen LogP contribution in [0.4, 0.5) is 16.4 Å². The summed E-state index contributed by atoms with van der Waals surface area (Å²) in [6.07, 6.45) is -0.314. The Morgan fingerprint density at radius 3 is 2.29 bits per heavy atom. The molecule has 2 aromatic carbocycles. The Hall–Kier alpha value is -2.96. The Labute approximate surface area is 171 Å². The minimum atomic E-state index is -0.428. The zero-order valence-corrected chi connectivity index (χ0v) is 16.6. The SMILES string of the molecule is CC(=O)c1cc(C(=O)CC(=O)Nc2ccc(Cl)cc2)sc1Nc1ccccc1. The zero-order chi connectivity index (χ0) is 20.1. The van der Waals surface area contributed by atoms with E-state index in [4.69, 9.17) is 11.6 Å². The molecule has 0 aliphatic rings. The van der Waals surface area contributed by atoms with Crippen LogP contribution in [0.15, 0.2) is 60.7 Å². The first-order valence-electron chi connectivity index (χ1n) is 8.48. The average Bonchev–Trinajstić information content (AvgIpc) is 3.09. The maximum atomic E-state index is 12.5. The molecule has 3 aromatic rings. The number of hydrogen-bond donors (Lipinski definition) is 2. The van der Waals surface area contributed by atoms with Gasteiger partial charge in [-0.15, -0.1) is 11.3 Å². The molecule has 0 aliphatic heterocycles. The van der Waals surface area contributed by atoms with E-state index in [1.807, 2.05) is 30.3 Å². The van der Waals surface area contributed by atoms with Crippen LogP contribution in [-0.4, -0.2) is 17.5 Å². The number of para-hydroxylation sites is 1. The number of nitrogens with one attached hydrogen (secondary N) is 2. The zero-order valence-electron chi connectivity index (χ0n) is 15.0. The second-order valence-corrected chi connectivity index (χ2v) is 7.54. The molecule has 1 heterocycles. The third kappa shape index (κ3) is 5.06. The van der Waals surface area contributed by atoms with Gasteiger partial charge in [-0.05, 0) is 49.4 Å². The maximum Gasteiger partial charge on any atom is 0.232 e. The van der Waals surface area contributed by atoms with Crippen molar-refractivity contribution in [3.05, 3.63) is 76.1 Å². The van der Waals surface area contributed by atoms with Crippen molar-refractivity contribution >= 4 is 56.8 Å². The van der Waals surface area contributed by atoms with Crippen molar-refractivity contribution in [1.82, 2.24) is 0 Å². The van der Waals surface area contributed by atoms with Gasteiger partial charge < -0.3 is 10.6 Å². The monoisotopic (exact) mass is 412 g/mol. The van der Waals surface area contributed by atoms with E-state index in [1.165, 1.54) is 13.0 Å². The van der Waals surface area contributed by atoms with Crippen molar-refractivity contribution in [2.24, 2.45) is 0 Å². The van der Waals surface area contributed by atoms with Crippen molar-refractivity contribution in [1.29, 1.82) is 0 Å². The minimum Gasteiger partial charge on any atom is -0.347 e. The number of carbonyl (C=O) groups excluding carboxylic acids is 3. The van der Waals surface area contributed by atoms with E-state index in [0.29, 0.717) is 26.2 Å². The molecule has 0 bridgehead atoms. The van der Waals surface area contributed by atoms with E-state index in [1.54, 1.807) is 24.3 Å². The number of rotatable bonds is 7. The first-order valence-corrected chi connectivity index (χ1v) is 9.67. The van der Waals surface area contributed by atoms with Crippen LogP contribution in [0.25, 0.3) is 0 Å². The number of halogens is 1. The minimum absolute atomic E-state index is 0.153. The van der Waals surface area contributed by atoms with Gasteiger partial charge in [0.25, 0.3) is 0 Å². The first-order chi connectivity index (χ1) is 13.4. The van der Waals surface area contributed by atoms with Gasteiger partial charge in [0, 0.05) is 16.4 Å². The Morgan fingerprint density at radius 1 is 0.964 bits per heavy atom. The summed E-state index contributed by atoms with van der Waals surface area (Å²) >= 11 is 6.98. The topological polar surface area (TPSA) is 75.3 Å². The molecule has 1 amide bonds. The fraction of sp³-hybridized carbons (Fsp3) is 0.0952. The van der Waals surface area contributed by atoms with Crippen LogP contribution in [0.5, 0.6) is 0 Å². The van der Waals surface area contributed by atoms with Crippen molar-refractivity contribution in [2.75, 3.05) is 10.6 Å². The molecule has 0 saturated heterocycles. The Bertz CT molecular complexity index is 1010. The van der Waals surface area contributed by atoms with Gasteiger partial charge in [0.05, 0.1) is 16.9 Å². The van der Waals surface area contributed by atoms with Gasteiger partial charge in [0.2, 0.25) is 5.91 Å². The highest BCUT2D eigenvalue weighted by molar-refractivity contribution is 7.18. The molecule has 5 nitrogen and oxygen atoms in total. The Morgan fingerprint density at radius 2 is 1.64 bits per heavy atom. The van der Waals surface area contributed by atoms with Crippen LogP contribution in [0, 0.1) is 0 Å². The number of thiophene rings is 1. The lowest BCUT2D eigenvalue weighted by Gasteiger charge is -2.05. The number of anilines is 3. The van der Waals surface area contributed by atoms with Crippen molar-refractivity contribution < 1.29 is 14.4 Å². The van der Waals surface area contributed by atoms with Gasteiger partial charge in [-0.1, -0.05) is 29.8 Å². The van der Waals surface area contributed by atoms with Gasteiger partial charge in [0.15, 0.2) is 11.6 Å². The number of Topliss-reactive ketones (excluding diaryl/α,β-unsaturated/α-hetero) is 2. The molecule has 28 heavy (non-hydrogen) atoms. The van der Waals surface area contributed by atoms with Crippen LogP contribution in [0.2, 0.25) is 5.02 Å². The highest BCUT2D eigenvalue weighted by Gasteiger charge is 2.19. The second-order valence-electron chi connectivity index (χ2n) is 6.06. The average molecular weight is 413 g/mol. The van der Waals surface area contributed by atoms with E-state index in [9.17, 15) is 14.4 Å². The molecule has 1 aromatic heterocycles. The van der Waals surface area contributed by atoms with E-state index in [2.05, 4.69) is 10.6 Å². The molecule has 142 valence electrons. The van der Waals surface area contributed by atoms with Gasteiger partial charge in [0.1, 0.15) is 5.00 Å². The van der Waals surface area contributed by atoms with Crippen molar-refractivity contribution in [3.8, 4) is 0 Å². The number of ketones is 2. The summed E-state index contributed by atoms with van der Waals surface area (Å²) in [4.78, 5) is 37.0. The lowest BCUT2D eigenvalue weighted by molar-refractivity contribution is -0.115. The van der Waals surface area contributed by atoms with E-state index >= 15 is 0 Å². The molecule has 0 aliphatic carbocycles. The Balaban J connectivity index is 1.72. The molecule has 0 atom stereocenters. The molecular formula is C21H17ClN2O3S. The fourth-order valence-electron chi connectivity index (χ4n) is 2.51. The fourth-order valence-corrected chi connectivity index (χ4v) is 3.70. The van der Waals surface area contributed by atoms with Crippen LogP contribution >= 0.6 is 22.9 Å². The van der Waals surface area contributed by atoms with Gasteiger partial charge in [-0.3, -0.25) is 14.4 Å². The number of amides is 1. The maximum absolute atomic E-state index is 12.5. The van der Waals surface area contributed by atoms with Crippen LogP contribution in [0.3, 0.4) is 0 Å². The van der Waals surface area contributed by atoms with E-state index in [0.717, 1.165) is 17.0 Å². The summed E-state index contributed by atoms with van der Waals surface area (Å²) in [5.74, 6) is -0.929. The smallest absolute Gasteiger partial charge is 0.232 e. The van der Waals surface area contributed by atoms with E-state index in [-0.39, 0.29) is 18.0 Å². The molecule has 7 heteroatoms. The predicted molar refractivity (Wildman–Crippen MR) is 113 cm³/mol. The number of hydrogen-bond acceptors (Lipinski definition) is 5. The summed E-state index contributed by atoms with van der Waals surface area (Å²) in [7, 11) is 0. The highest BCUT2D eigenvalue weighted by Crippen LogP contribution is 2.32. The Kier molecular flexibility index (Phi) is 6.23. The summed E-state index contributed by atoms with van der Waals surface area (Å²) < 4.78 is 0. The van der Waals surface area contributed by atoms with Gasteiger partial charge in [-0.25, -0.2) is 0 Å². The molecule has 0 saturated carbocycles. The molecule has 3 rings (SSSR count). The van der Waals surface area contributed by atoms with E-state index < -0.39 is 5.91 Å². The summed E-state index contributed by atoms with van der Waals surface area (Å²) in [5, 5.41) is 6.96.